The Morgan fingerprint density at radius 1 is 1.00 bits per heavy atom. The van der Waals surface area contributed by atoms with Gasteiger partial charge < -0.3 is 15.8 Å². The summed E-state index contributed by atoms with van der Waals surface area (Å²) in [5.74, 6) is 0.794. The van der Waals surface area contributed by atoms with Gasteiger partial charge in [-0.05, 0) is 28.8 Å². The van der Waals surface area contributed by atoms with Crippen molar-refractivity contribution in [2.75, 3.05) is 7.11 Å². The fraction of sp³-hybridized carbons (Fsp3) is 0.235. The largest absolute Gasteiger partial charge is 0.497 e. The van der Waals surface area contributed by atoms with Crippen LogP contribution in [0, 0.1) is 0 Å². The molecule has 0 aromatic heterocycles. The van der Waals surface area contributed by atoms with E-state index in [4.69, 9.17) is 10.5 Å². The van der Waals surface area contributed by atoms with Gasteiger partial charge >= 0.3 is 0 Å². The SMILES string of the molecule is COc1ccc(CC(=O)NCc2ccc(CN)cc2)cc1. The lowest BCUT2D eigenvalue weighted by Gasteiger charge is -2.07. The summed E-state index contributed by atoms with van der Waals surface area (Å²) in [6.45, 7) is 1.06. The summed E-state index contributed by atoms with van der Waals surface area (Å²) in [7, 11) is 1.62. The van der Waals surface area contributed by atoms with Gasteiger partial charge in [-0.2, -0.15) is 0 Å². The fourth-order valence-electron chi connectivity index (χ4n) is 1.99. The number of ether oxygens (including phenoxy) is 1. The van der Waals surface area contributed by atoms with E-state index in [1.54, 1.807) is 7.11 Å². The molecule has 2 aromatic rings. The average Bonchev–Trinajstić information content (AvgIpc) is 2.54. The number of hydrogen-bond acceptors (Lipinski definition) is 3. The van der Waals surface area contributed by atoms with E-state index >= 15 is 0 Å². The first-order valence-corrected chi connectivity index (χ1v) is 6.89. The van der Waals surface area contributed by atoms with Gasteiger partial charge in [0.05, 0.1) is 13.5 Å². The second-order valence-electron chi connectivity index (χ2n) is 4.82. The summed E-state index contributed by atoms with van der Waals surface area (Å²) < 4.78 is 5.09. The van der Waals surface area contributed by atoms with Crippen LogP contribution in [0.15, 0.2) is 48.5 Å². The Labute approximate surface area is 124 Å². The lowest BCUT2D eigenvalue weighted by Crippen LogP contribution is -2.24. The molecule has 0 bridgehead atoms. The van der Waals surface area contributed by atoms with Crippen molar-refractivity contribution >= 4 is 5.91 Å². The molecule has 0 spiro atoms. The highest BCUT2D eigenvalue weighted by Gasteiger charge is 2.03. The van der Waals surface area contributed by atoms with Crippen LogP contribution in [0.1, 0.15) is 16.7 Å². The highest BCUT2D eigenvalue weighted by Crippen LogP contribution is 2.11. The number of carbonyl (C=O) groups is 1. The first kappa shape index (κ1) is 15.1. The molecule has 0 aliphatic heterocycles. The van der Waals surface area contributed by atoms with Crippen LogP contribution < -0.4 is 15.8 Å². The van der Waals surface area contributed by atoms with Crippen molar-refractivity contribution in [3.63, 3.8) is 0 Å². The number of amides is 1. The third-order valence-corrected chi connectivity index (χ3v) is 3.27. The van der Waals surface area contributed by atoms with Crippen LogP contribution in [0.25, 0.3) is 0 Å². The molecule has 2 rings (SSSR count). The predicted octanol–water partition coefficient (Wildman–Crippen LogP) is 2.01. The molecule has 0 fully saturated rings. The van der Waals surface area contributed by atoms with Crippen molar-refractivity contribution in [1.29, 1.82) is 0 Å². The maximum Gasteiger partial charge on any atom is 0.224 e. The summed E-state index contributed by atoms with van der Waals surface area (Å²) >= 11 is 0. The quantitative estimate of drug-likeness (QED) is 0.853. The number of nitrogens with two attached hydrogens (primary N) is 1. The van der Waals surface area contributed by atoms with Crippen molar-refractivity contribution in [3.8, 4) is 5.75 Å². The molecule has 4 heteroatoms. The zero-order chi connectivity index (χ0) is 15.1. The van der Waals surface area contributed by atoms with Gasteiger partial charge in [0, 0.05) is 13.1 Å². The number of rotatable bonds is 6. The van der Waals surface area contributed by atoms with Crippen molar-refractivity contribution in [3.05, 3.63) is 65.2 Å². The monoisotopic (exact) mass is 284 g/mol. The Morgan fingerprint density at radius 3 is 2.14 bits per heavy atom. The van der Waals surface area contributed by atoms with Crippen LogP contribution in [0.5, 0.6) is 5.75 Å². The van der Waals surface area contributed by atoms with Crippen LogP contribution in [0.2, 0.25) is 0 Å². The van der Waals surface area contributed by atoms with Gasteiger partial charge in [0.25, 0.3) is 0 Å². The second-order valence-corrected chi connectivity index (χ2v) is 4.82. The van der Waals surface area contributed by atoms with Crippen LogP contribution in [-0.4, -0.2) is 13.0 Å². The second kappa shape index (κ2) is 7.45. The van der Waals surface area contributed by atoms with Crippen molar-refractivity contribution in [2.45, 2.75) is 19.5 Å². The van der Waals surface area contributed by atoms with Crippen LogP contribution in [0.4, 0.5) is 0 Å². The van der Waals surface area contributed by atoms with Crippen LogP contribution in [-0.2, 0) is 24.3 Å². The highest BCUT2D eigenvalue weighted by molar-refractivity contribution is 5.78. The minimum atomic E-state index is 0.00284. The molecule has 0 aliphatic rings. The molecule has 0 saturated carbocycles. The van der Waals surface area contributed by atoms with Crippen molar-refractivity contribution in [1.82, 2.24) is 5.32 Å². The van der Waals surface area contributed by atoms with E-state index in [1.165, 1.54) is 0 Å². The Hall–Kier alpha value is -2.33. The van der Waals surface area contributed by atoms with Crippen molar-refractivity contribution < 1.29 is 9.53 Å². The zero-order valence-electron chi connectivity index (χ0n) is 12.1. The Balaban J connectivity index is 1.83. The summed E-state index contributed by atoms with van der Waals surface area (Å²) in [5.41, 5.74) is 8.67. The highest BCUT2D eigenvalue weighted by atomic mass is 16.5. The molecular weight excluding hydrogens is 264 g/mol. The normalized spacial score (nSPS) is 10.2. The summed E-state index contributed by atoms with van der Waals surface area (Å²) in [5, 5.41) is 2.91. The minimum absolute atomic E-state index is 0.00284. The lowest BCUT2D eigenvalue weighted by atomic mass is 10.1. The zero-order valence-corrected chi connectivity index (χ0v) is 12.1. The smallest absolute Gasteiger partial charge is 0.224 e. The molecule has 0 heterocycles. The molecule has 2 aromatic carbocycles. The molecule has 0 aliphatic carbocycles. The third-order valence-electron chi connectivity index (χ3n) is 3.27. The molecule has 3 N–H and O–H groups in total. The van der Waals surface area contributed by atoms with Gasteiger partial charge in [0.2, 0.25) is 5.91 Å². The lowest BCUT2D eigenvalue weighted by molar-refractivity contribution is -0.120. The van der Waals surface area contributed by atoms with Gasteiger partial charge in [-0.3, -0.25) is 4.79 Å². The number of benzene rings is 2. The van der Waals surface area contributed by atoms with Gasteiger partial charge in [-0.15, -0.1) is 0 Å². The van der Waals surface area contributed by atoms with E-state index in [0.29, 0.717) is 19.5 Å². The third kappa shape index (κ3) is 4.61. The molecular formula is C17H20N2O2. The Bertz CT molecular complexity index is 577. The molecule has 0 saturated heterocycles. The summed E-state index contributed by atoms with van der Waals surface area (Å²) in [4.78, 5) is 11.9. The average molecular weight is 284 g/mol. The predicted molar refractivity (Wildman–Crippen MR) is 82.9 cm³/mol. The van der Waals surface area contributed by atoms with Crippen molar-refractivity contribution in [2.24, 2.45) is 5.73 Å². The minimum Gasteiger partial charge on any atom is -0.497 e. The van der Waals surface area contributed by atoms with E-state index in [0.717, 1.165) is 22.4 Å². The molecule has 110 valence electrons. The first-order chi connectivity index (χ1) is 10.2. The topological polar surface area (TPSA) is 64.3 Å². The molecule has 0 unspecified atom stereocenters. The molecule has 0 radical (unpaired) electrons. The Kier molecular flexibility index (Phi) is 5.35. The van der Waals surface area contributed by atoms with E-state index in [2.05, 4.69) is 5.32 Å². The van der Waals surface area contributed by atoms with Gasteiger partial charge in [0.15, 0.2) is 0 Å². The van der Waals surface area contributed by atoms with E-state index in [9.17, 15) is 4.79 Å². The maximum absolute atomic E-state index is 11.9. The van der Waals surface area contributed by atoms with Crippen LogP contribution >= 0.6 is 0 Å². The number of nitrogens with one attached hydrogen (secondary N) is 1. The standard InChI is InChI=1S/C17H20N2O2/c1-21-16-8-6-13(7-9-16)10-17(20)19-12-15-4-2-14(11-18)3-5-15/h2-9H,10-12,18H2,1H3,(H,19,20). The number of hydrogen-bond donors (Lipinski definition) is 2. The molecule has 0 atom stereocenters. The van der Waals surface area contributed by atoms with E-state index < -0.39 is 0 Å². The maximum atomic E-state index is 11.9. The number of carbonyl (C=O) groups excluding carboxylic acids is 1. The van der Waals surface area contributed by atoms with Gasteiger partial charge in [-0.1, -0.05) is 36.4 Å². The van der Waals surface area contributed by atoms with Crippen LogP contribution in [0.3, 0.4) is 0 Å². The molecule has 4 nitrogen and oxygen atoms in total. The fourth-order valence-corrected chi connectivity index (χ4v) is 1.99. The van der Waals surface area contributed by atoms with Gasteiger partial charge in [0.1, 0.15) is 5.75 Å². The number of methoxy groups -OCH3 is 1. The Morgan fingerprint density at radius 2 is 1.57 bits per heavy atom. The van der Waals surface area contributed by atoms with E-state index in [1.807, 2.05) is 48.5 Å². The molecule has 1 amide bonds. The summed E-state index contributed by atoms with van der Waals surface area (Å²) in [6.07, 6.45) is 0.366. The first-order valence-electron chi connectivity index (χ1n) is 6.89. The van der Waals surface area contributed by atoms with E-state index in [-0.39, 0.29) is 5.91 Å². The summed E-state index contributed by atoms with van der Waals surface area (Å²) in [6, 6.07) is 15.4. The van der Waals surface area contributed by atoms with Gasteiger partial charge in [-0.25, -0.2) is 0 Å². The molecule has 21 heavy (non-hydrogen) atoms.